The maximum absolute atomic E-state index is 11.6. The van der Waals surface area contributed by atoms with Gasteiger partial charge in [0.15, 0.2) is 0 Å². The molecule has 0 saturated heterocycles. The molecule has 1 rings (SSSR count). The van der Waals surface area contributed by atoms with Crippen molar-refractivity contribution in [1.82, 2.24) is 10.2 Å². The fraction of sp³-hybridized carbons (Fsp3) is 0.786. The van der Waals surface area contributed by atoms with Gasteiger partial charge in [0.2, 0.25) is 5.91 Å². The fourth-order valence-corrected chi connectivity index (χ4v) is 2.20. The predicted octanol–water partition coefficient (Wildman–Crippen LogP) is 2.33. The smallest absolute Gasteiger partial charge is 0.234 e. The summed E-state index contributed by atoms with van der Waals surface area (Å²) in [7, 11) is 0. The second-order valence-electron chi connectivity index (χ2n) is 4.67. The van der Waals surface area contributed by atoms with Gasteiger partial charge in [-0.2, -0.15) is 0 Å². The molecule has 0 radical (unpaired) electrons. The van der Waals surface area contributed by atoms with E-state index in [4.69, 9.17) is 0 Å². The Morgan fingerprint density at radius 2 is 2.12 bits per heavy atom. The molecular formula is C14H26N2O. The third kappa shape index (κ3) is 5.87. The summed E-state index contributed by atoms with van der Waals surface area (Å²) in [6.07, 6.45) is 8.48. The lowest BCUT2D eigenvalue weighted by Gasteiger charge is -2.18. The molecule has 0 aromatic heterocycles. The SMILES string of the molecule is CCN(CC)CC(=O)NCCC1=CCCCC1. The molecule has 1 amide bonds. The summed E-state index contributed by atoms with van der Waals surface area (Å²) in [6.45, 7) is 7.38. The highest BCUT2D eigenvalue weighted by atomic mass is 16.2. The van der Waals surface area contributed by atoms with Crippen LogP contribution in [-0.4, -0.2) is 37.0 Å². The summed E-state index contributed by atoms with van der Waals surface area (Å²) in [4.78, 5) is 13.8. The van der Waals surface area contributed by atoms with E-state index in [1.54, 1.807) is 0 Å². The van der Waals surface area contributed by atoms with Crippen LogP contribution < -0.4 is 5.32 Å². The van der Waals surface area contributed by atoms with Gasteiger partial charge in [-0.15, -0.1) is 0 Å². The largest absolute Gasteiger partial charge is 0.355 e. The second kappa shape index (κ2) is 8.29. The molecule has 0 unspecified atom stereocenters. The van der Waals surface area contributed by atoms with Gasteiger partial charge >= 0.3 is 0 Å². The molecular weight excluding hydrogens is 212 g/mol. The molecule has 3 nitrogen and oxygen atoms in total. The zero-order valence-corrected chi connectivity index (χ0v) is 11.3. The van der Waals surface area contributed by atoms with E-state index in [1.165, 1.54) is 31.3 Å². The van der Waals surface area contributed by atoms with Crippen LogP contribution in [0, 0.1) is 0 Å². The van der Waals surface area contributed by atoms with Gasteiger partial charge in [-0.3, -0.25) is 9.69 Å². The number of rotatable bonds is 7. The monoisotopic (exact) mass is 238 g/mol. The molecule has 0 spiro atoms. The number of carbonyl (C=O) groups excluding carboxylic acids is 1. The van der Waals surface area contributed by atoms with Gasteiger partial charge < -0.3 is 5.32 Å². The van der Waals surface area contributed by atoms with Crippen molar-refractivity contribution in [3.63, 3.8) is 0 Å². The van der Waals surface area contributed by atoms with Gasteiger partial charge in [0, 0.05) is 6.54 Å². The van der Waals surface area contributed by atoms with Crippen molar-refractivity contribution in [2.24, 2.45) is 0 Å². The normalized spacial score (nSPS) is 15.8. The predicted molar refractivity (Wildman–Crippen MR) is 72.0 cm³/mol. The van der Waals surface area contributed by atoms with Crippen LogP contribution in [0.25, 0.3) is 0 Å². The highest BCUT2D eigenvalue weighted by Gasteiger charge is 2.07. The van der Waals surface area contributed by atoms with Crippen molar-refractivity contribution in [2.75, 3.05) is 26.2 Å². The molecule has 1 aliphatic carbocycles. The van der Waals surface area contributed by atoms with Gasteiger partial charge in [0.25, 0.3) is 0 Å². The number of carbonyl (C=O) groups is 1. The van der Waals surface area contributed by atoms with Crippen LogP contribution >= 0.6 is 0 Å². The molecule has 98 valence electrons. The summed E-state index contributed by atoms with van der Waals surface area (Å²) < 4.78 is 0. The molecule has 1 aliphatic rings. The van der Waals surface area contributed by atoms with Crippen LogP contribution in [0.1, 0.15) is 46.0 Å². The Balaban J connectivity index is 2.13. The molecule has 0 bridgehead atoms. The van der Waals surface area contributed by atoms with Crippen molar-refractivity contribution in [3.05, 3.63) is 11.6 Å². The molecule has 0 atom stereocenters. The molecule has 0 aliphatic heterocycles. The molecule has 0 heterocycles. The Morgan fingerprint density at radius 3 is 2.71 bits per heavy atom. The summed E-state index contributed by atoms with van der Waals surface area (Å²) >= 11 is 0. The number of likely N-dealkylation sites (N-methyl/N-ethyl adjacent to an activating group) is 1. The van der Waals surface area contributed by atoms with E-state index in [-0.39, 0.29) is 5.91 Å². The van der Waals surface area contributed by atoms with Crippen molar-refractivity contribution in [3.8, 4) is 0 Å². The van der Waals surface area contributed by atoms with Gasteiger partial charge in [0.1, 0.15) is 0 Å². The first-order valence-electron chi connectivity index (χ1n) is 6.93. The Morgan fingerprint density at radius 1 is 1.35 bits per heavy atom. The van der Waals surface area contributed by atoms with Crippen molar-refractivity contribution in [1.29, 1.82) is 0 Å². The third-order valence-electron chi connectivity index (χ3n) is 3.41. The lowest BCUT2D eigenvalue weighted by atomic mass is 9.97. The Labute approximate surface area is 105 Å². The number of hydrogen-bond donors (Lipinski definition) is 1. The first-order chi connectivity index (χ1) is 8.26. The number of hydrogen-bond acceptors (Lipinski definition) is 2. The van der Waals surface area contributed by atoms with E-state index in [0.717, 1.165) is 26.1 Å². The van der Waals surface area contributed by atoms with Gasteiger partial charge in [-0.05, 0) is 45.2 Å². The van der Waals surface area contributed by atoms with Crippen LogP contribution in [0.4, 0.5) is 0 Å². The zero-order chi connectivity index (χ0) is 12.5. The highest BCUT2D eigenvalue weighted by molar-refractivity contribution is 5.77. The van der Waals surface area contributed by atoms with Crippen LogP contribution in [0.5, 0.6) is 0 Å². The van der Waals surface area contributed by atoms with E-state index >= 15 is 0 Å². The van der Waals surface area contributed by atoms with Crippen molar-refractivity contribution in [2.45, 2.75) is 46.0 Å². The first-order valence-corrected chi connectivity index (χ1v) is 6.93. The Hall–Kier alpha value is -0.830. The Bertz CT molecular complexity index is 257. The van der Waals surface area contributed by atoms with Crippen molar-refractivity contribution >= 4 is 5.91 Å². The number of allylic oxidation sites excluding steroid dienone is 1. The van der Waals surface area contributed by atoms with Crippen LogP contribution in [0.3, 0.4) is 0 Å². The molecule has 0 saturated carbocycles. The average Bonchev–Trinajstić information content (AvgIpc) is 2.37. The summed E-state index contributed by atoms with van der Waals surface area (Å²) in [5.74, 6) is 0.158. The van der Waals surface area contributed by atoms with E-state index in [2.05, 4.69) is 30.1 Å². The van der Waals surface area contributed by atoms with Crippen LogP contribution in [0.2, 0.25) is 0 Å². The zero-order valence-electron chi connectivity index (χ0n) is 11.3. The maximum atomic E-state index is 11.6. The maximum Gasteiger partial charge on any atom is 0.234 e. The van der Waals surface area contributed by atoms with E-state index in [0.29, 0.717) is 6.54 Å². The third-order valence-corrected chi connectivity index (χ3v) is 3.41. The minimum Gasteiger partial charge on any atom is -0.355 e. The van der Waals surface area contributed by atoms with E-state index < -0.39 is 0 Å². The first kappa shape index (κ1) is 14.2. The number of nitrogens with one attached hydrogen (secondary N) is 1. The topological polar surface area (TPSA) is 32.3 Å². The minimum atomic E-state index is 0.158. The fourth-order valence-electron chi connectivity index (χ4n) is 2.20. The van der Waals surface area contributed by atoms with Gasteiger partial charge in [-0.25, -0.2) is 0 Å². The lowest BCUT2D eigenvalue weighted by Crippen LogP contribution is -2.37. The quantitative estimate of drug-likeness (QED) is 0.690. The molecule has 17 heavy (non-hydrogen) atoms. The van der Waals surface area contributed by atoms with Gasteiger partial charge in [-0.1, -0.05) is 25.5 Å². The molecule has 3 heteroatoms. The van der Waals surface area contributed by atoms with E-state index in [9.17, 15) is 4.79 Å². The van der Waals surface area contributed by atoms with Crippen LogP contribution in [-0.2, 0) is 4.79 Å². The molecule has 0 aromatic carbocycles. The molecule has 1 N–H and O–H groups in total. The average molecular weight is 238 g/mol. The molecule has 0 fully saturated rings. The van der Waals surface area contributed by atoms with E-state index in [1.807, 2.05) is 0 Å². The highest BCUT2D eigenvalue weighted by Crippen LogP contribution is 2.19. The summed E-state index contributed by atoms with van der Waals surface area (Å²) in [5, 5.41) is 3.01. The minimum absolute atomic E-state index is 0.158. The number of nitrogens with zero attached hydrogens (tertiary/aromatic N) is 1. The van der Waals surface area contributed by atoms with Crippen molar-refractivity contribution < 1.29 is 4.79 Å². The second-order valence-corrected chi connectivity index (χ2v) is 4.67. The standard InChI is InChI=1S/C14H26N2O/c1-3-16(4-2)12-14(17)15-11-10-13-8-6-5-7-9-13/h8H,3-7,9-12H2,1-2H3,(H,15,17). The Kier molecular flexibility index (Phi) is 6.94. The van der Waals surface area contributed by atoms with Gasteiger partial charge in [0.05, 0.1) is 6.54 Å². The summed E-state index contributed by atoms with van der Waals surface area (Å²) in [6, 6.07) is 0. The lowest BCUT2D eigenvalue weighted by molar-refractivity contribution is -0.122. The summed E-state index contributed by atoms with van der Waals surface area (Å²) in [5.41, 5.74) is 1.53. The van der Waals surface area contributed by atoms with Crippen LogP contribution in [0.15, 0.2) is 11.6 Å². The number of amides is 1. The molecule has 0 aromatic rings.